The lowest BCUT2D eigenvalue weighted by Gasteiger charge is -2.15. The van der Waals surface area contributed by atoms with Gasteiger partial charge in [0.15, 0.2) is 0 Å². The highest BCUT2D eigenvalue weighted by atomic mass is 79.9. The maximum atomic E-state index is 5.77. The van der Waals surface area contributed by atoms with Gasteiger partial charge in [0, 0.05) is 30.0 Å². The summed E-state index contributed by atoms with van der Waals surface area (Å²) in [6.45, 7) is 1.96. The monoisotopic (exact) mass is 321 g/mol. The van der Waals surface area contributed by atoms with Crippen LogP contribution in [-0.4, -0.2) is 38.8 Å². The Balaban J connectivity index is 2.19. The Morgan fingerprint density at radius 3 is 2.94 bits per heavy atom. The molecule has 0 aromatic heterocycles. The van der Waals surface area contributed by atoms with E-state index in [2.05, 4.69) is 21.2 Å². The van der Waals surface area contributed by atoms with Crippen LogP contribution in [0.1, 0.15) is 0 Å². The van der Waals surface area contributed by atoms with Gasteiger partial charge in [0.25, 0.3) is 0 Å². The first kappa shape index (κ1) is 14.8. The number of ether oxygens (including phenoxy) is 2. The van der Waals surface area contributed by atoms with Crippen molar-refractivity contribution in [3.05, 3.63) is 28.7 Å². The van der Waals surface area contributed by atoms with Crippen LogP contribution in [0.15, 0.2) is 28.7 Å². The van der Waals surface area contributed by atoms with Gasteiger partial charge in [-0.1, -0.05) is 22.0 Å². The van der Waals surface area contributed by atoms with Crippen molar-refractivity contribution in [2.75, 3.05) is 32.7 Å². The quantitative estimate of drug-likeness (QED) is 0.589. The third-order valence-electron chi connectivity index (χ3n) is 2.15. The summed E-state index contributed by atoms with van der Waals surface area (Å²) in [6, 6.07) is 7.95. The molecule has 1 atom stereocenters. The second-order valence-corrected chi connectivity index (χ2v) is 4.79. The predicted octanol–water partition coefficient (Wildman–Crippen LogP) is 2.67. The molecular weight excluding hydrogens is 305 g/mol. The number of alkyl halides is 1. The fourth-order valence-electron chi connectivity index (χ4n) is 1.35. The molecule has 0 saturated carbocycles. The van der Waals surface area contributed by atoms with Gasteiger partial charge in [-0.2, -0.15) is 0 Å². The Hall–Kier alpha value is -0.290. The molecule has 0 amide bonds. The number of benzene rings is 1. The van der Waals surface area contributed by atoms with Gasteiger partial charge in [0.05, 0.1) is 6.61 Å². The summed E-state index contributed by atoms with van der Waals surface area (Å²) in [6.07, 6.45) is 0. The van der Waals surface area contributed by atoms with E-state index in [0.717, 1.165) is 16.8 Å². The minimum absolute atomic E-state index is 0.174. The van der Waals surface area contributed by atoms with Crippen LogP contribution in [0.3, 0.4) is 0 Å². The summed E-state index contributed by atoms with van der Waals surface area (Å²) in [5.41, 5.74) is 0. The van der Waals surface area contributed by atoms with Gasteiger partial charge in [0.2, 0.25) is 0 Å². The van der Waals surface area contributed by atoms with Crippen molar-refractivity contribution in [2.45, 2.75) is 6.04 Å². The lowest BCUT2D eigenvalue weighted by atomic mass is 10.3. The van der Waals surface area contributed by atoms with Crippen LogP contribution in [0.25, 0.3) is 0 Å². The number of halogens is 2. The molecule has 0 aliphatic rings. The third kappa shape index (κ3) is 6.27. The van der Waals surface area contributed by atoms with Gasteiger partial charge in [-0.15, -0.1) is 11.6 Å². The van der Waals surface area contributed by atoms with E-state index in [1.54, 1.807) is 7.11 Å². The van der Waals surface area contributed by atoms with Crippen LogP contribution < -0.4 is 10.1 Å². The largest absolute Gasteiger partial charge is 0.492 e. The molecule has 0 aliphatic heterocycles. The van der Waals surface area contributed by atoms with Crippen LogP contribution in [0.5, 0.6) is 5.75 Å². The molecule has 1 aromatic rings. The van der Waals surface area contributed by atoms with E-state index >= 15 is 0 Å². The molecule has 0 bridgehead atoms. The van der Waals surface area contributed by atoms with Gasteiger partial charge in [-0.05, 0) is 18.2 Å². The third-order valence-corrected chi connectivity index (χ3v) is 3.02. The molecule has 17 heavy (non-hydrogen) atoms. The first-order valence-corrected chi connectivity index (χ1v) is 6.75. The first-order chi connectivity index (χ1) is 8.26. The summed E-state index contributed by atoms with van der Waals surface area (Å²) in [5.74, 6) is 1.39. The number of hydrogen-bond donors (Lipinski definition) is 1. The van der Waals surface area contributed by atoms with Crippen LogP contribution in [0.4, 0.5) is 0 Å². The van der Waals surface area contributed by atoms with Gasteiger partial charge in [-0.3, -0.25) is 0 Å². The molecule has 0 radical (unpaired) electrons. The number of nitrogens with one attached hydrogen (secondary N) is 1. The van der Waals surface area contributed by atoms with E-state index in [1.807, 2.05) is 24.3 Å². The van der Waals surface area contributed by atoms with Crippen molar-refractivity contribution in [1.29, 1.82) is 0 Å². The van der Waals surface area contributed by atoms with Gasteiger partial charge < -0.3 is 14.8 Å². The number of methoxy groups -OCH3 is 1. The molecule has 1 unspecified atom stereocenters. The minimum Gasteiger partial charge on any atom is -0.492 e. The normalized spacial score (nSPS) is 12.4. The highest BCUT2D eigenvalue weighted by Crippen LogP contribution is 2.17. The zero-order chi connectivity index (χ0) is 12.5. The predicted molar refractivity (Wildman–Crippen MR) is 74.0 cm³/mol. The Kier molecular flexibility index (Phi) is 7.60. The zero-order valence-electron chi connectivity index (χ0n) is 9.79. The van der Waals surface area contributed by atoms with Crippen LogP contribution in [-0.2, 0) is 4.74 Å². The van der Waals surface area contributed by atoms with Gasteiger partial charge in [0.1, 0.15) is 12.4 Å². The maximum absolute atomic E-state index is 5.77. The zero-order valence-corrected chi connectivity index (χ0v) is 12.1. The average molecular weight is 323 g/mol. The molecule has 1 N–H and O–H groups in total. The van der Waals surface area contributed by atoms with E-state index in [-0.39, 0.29) is 6.04 Å². The Labute approximate surface area is 116 Å². The molecule has 3 nitrogen and oxygen atoms in total. The topological polar surface area (TPSA) is 30.5 Å². The van der Waals surface area contributed by atoms with Crippen LogP contribution in [0, 0.1) is 0 Å². The fourth-order valence-corrected chi connectivity index (χ4v) is 1.92. The molecule has 0 heterocycles. The minimum atomic E-state index is 0.174. The molecule has 0 saturated heterocycles. The second kappa shape index (κ2) is 8.75. The standard InChI is InChI=1S/C12H17BrClNO2/c1-16-9-11(8-14)15-5-6-17-12-4-2-3-10(13)7-12/h2-4,7,11,15H,5-6,8-9H2,1H3. The summed E-state index contributed by atoms with van der Waals surface area (Å²) < 4.78 is 11.6. The number of rotatable bonds is 8. The smallest absolute Gasteiger partial charge is 0.120 e. The molecule has 1 rings (SSSR count). The van der Waals surface area contributed by atoms with E-state index in [4.69, 9.17) is 21.1 Å². The maximum Gasteiger partial charge on any atom is 0.120 e. The lowest BCUT2D eigenvalue weighted by molar-refractivity contribution is 0.170. The van der Waals surface area contributed by atoms with Gasteiger partial charge in [-0.25, -0.2) is 0 Å². The van der Waals surface area contributed by atoms with Crippen molar-refractivity contribution in [1.82, 2.24) is 5.32 Å². The molecule has 5 heteroatoms. The van der Waals surface area contributed by atoms with Gasteiger partial charge >= 0.3 is 0 Å². The van der Waals surface area contributed by atoms with Crippen molar-refractivity contribution < 1.29 is 9.47 Å². The molecule has 0 fully saturated rings. The first-order valence-electron chi connectivity index (χ1n) is 5.43. The lowest BCUT2D eigenvalue weighted by Crippen LogP contribution is -2.37. The summed E-state index contributed by atoms with van der Waals surface area (Å²) in [5, 5.41) is 3.26. The summed E-state index contributed by atoms with van der Waals surface area (Å²) in [4.78, 5) is 0. The molecule has 0 spiro atoms. The van der Waals surface area contributed by atoms with Crippen molar-refractivity contribution in [3.8, 4) is 5.75 Å². The summed E-state index contributed by atoms with van der Waals surface area (Å²) in [7, 11) is 1.67. The van der Waals surface area contributed by atoms with Crippen molar-refractivity contribution in [3.63, 3.8) is 0 Å². The Morgan fingerprint density at radius 1 is 1.47 bits per heavy atom. The SMILES string of the molecule is COCC(CCl)NCCOc1cccc(Br)c1. The van der Waals surface area contributed by atoms with E-state index in [0.29, 0.717) is 19.1 Å². The van der Waals surface area contributed by atoms with E-state index in [1.165, 1.54) is 0 Å². The van der Waals surface area contributed by atoms with E-state index < -0.39 is 0 Å². The molecular formula is C12H17BrClNO2. The molecule has 96 valence electrons. The van der Waals surface area contributed by atoms with Crippen molar-refractivity contribution >= 4 is 27.5 Å². The highest BCUT2D eigenvalue weighted by Gasteiger charge is 2.05. The van der Waals surface area contributed by atoms with Crippen LogP contribution in [0.2, 0.25) is 0 Å². The fraction of sp³-hybridized carbons (Fsp3) is 0.500. The molecule has 0 aliphatic carbocycles. The average Bonchev–Trinajstić information content (AvgIpc) is 2.33. The molecule has 1 aromatic carbocycles. The van der Waals surface area contributed by atoms with E-state index in [9.17, 15) is 0 Å². The number of hydrogen-bond acceptors (Lipinski definition) is 3. The second-order valence-electron chi connectivity index (χ2n) is 3.57. The van der Waals surface area contributed by atoms with Crippen LogP contribution >= 0.6 is 27.5 Å². The van der Waals surface area contributed by atoms with Crippen molar-refractivity contribution in [2.24, 2.45) is 0 Å². The highest BCUT2D eigenvalue weighted by molar-refractivity contribution is 9.10. The Morgan fingerprint density at radius 2 is 2.29 bits per heavy atom. The Bertz CT molecular complexity index is 325. The summed E-state index contributed by atoms with van der Waals surface area (Å²) >= 11 is 9.17.